The van der Waals surface area contributed by atoms with Crippen molar-refractivity contribution in [1.82, 2.24) is 75.8 Å². The molecule has 2 atom stereocenters. The predicted octanol–water partition coefficient (Wildman–Crippen LogP) is 14.5. The summed E-state index contributed by atoms with van der Waals surface area (Å²) in [6.45, 7) is 8.70. The molecule has 6 aromatic carbocycles. The zero-order valence-corrected chi connectivity index (χ0v) is 67.4. The van der Waals surface area contributed by atoms with Crippen molar-refractivity contribution >= 4 is 107 Å². The zero-order chi connectivity index (χ0) is 83.2. The first kappa shape index (κ1) is 80.1. The highest BCUT2D eigenvalue weighted by Gasteiger charge is 2.30. The molecule has 15 aromatic rings. The van der Waals surface area contributed by atoms with Gasteiger partial charge in [0.15, 0.2) is 34.4 Å². The minimum absolute atomic E-state index is 0.0803. The third kappa shape index (κ3) is 17.8. The zero-order valence-electron chi connectivity index (χ0n) is 67.4. The standard InChI is InChI=1S/2C30H32N6O5.C28H27N5O5/c2*1-16(15-37)32-28(38)19-9-11-22(24(13-19)39-3)34-30-35-27-26(29(36-30)41-20-6-4-5-7-20)21(14-31-27)18-8-10-23-25(12-18)40-17(2)33-23;1-15-31-21-8-5-16(11-23(21)37-15)20-14-30-26-25(20)28(38-19-6-7-19)33-24(32-26)13-17-3-4-18(12-22(17)36-2)27(35)29-9-10-34/h2*8-14,16,20,37H,4-7,15H2,1-3H3,(H,32,38)(H2,31,34,35,36);3-5,8,11-12,14,19,34H,6-7,9-10,13H2,1-2H3,(H,29,35)(H,30,32,33)/t2*16-;/m10./s1. The van der Waals surface area contributed by atoms with E-state index >= 15 is 0 Å². The maximum atomic E-state index is 12.5. The molecular weight excluding hydrogens is 1540 g/mol. The van der Waals surface area contributed by atoms with Crippen LogP contribution < -0.4 is 55.0 Å². The van der Waals surface area contributed by atoms with Crippen LogP contribution >= 0.6 is 0 Å². The van der Waals surface area contributed by atoms with E-state index in [2.05, 4.69) is 56.5 Å². The van der Waals surface area contributed by atoms with E-state index in [0.29, 0.717) is 133 Å². The fourth-order valence-corrected chi connectivity index (χ4v) is 14.8. The van der Waals surface area contributed by atoms with Gasteiger partial charge in [-0.05, 0) is 180 Å². The number of aliphatic hydroxyl groups excluding tert-OH is 3. The number of carbonyl (C=O) groups is 3. The van der Waals surface area contributed by atoms with Crippen LogP contribution in [-0.4, -0.2) is 171 Å². The van der Waals surface area contributed by atoms with Gasteiger partial charge in [0.2, 0.25) is 29.5 Å². The second-order valence-electron chi connectivity index (χ2n) is 29.9. The number of methoxy groups -OCH3 is 3. The fraction of sp³-hybridized carbons (Fsp3) is 0.318. The van der Waals surface area contributed by atoms with E-state index in [1.165, 1.54) is 14.2 Å². The highest BCUT2D eigenvalue weighted by atomic mass is 16.5. The molecule has 3 aliphatic carbocycles. The molecular formula is C88H91N17O15. The number of aromatic nitrogens is 12. The van der Waals surface area contributed by atoms with Gasteiger partial charge in [0.1, 0.15) is 74.9 Å². The van der Waals surface area contributed by atoms with Crippen molar-refractivity contribution in [1.29, 1.82) is 0 Å². The van der Waals surface area contributed by atoms with Crippen LogP contribution in [-0.2, 0) is 6.42 Å². The van der Waals surface area contributed by atoms with E-state index in [4.69, 9.17) is 76.7 Å². The summed E-state index contributed by atoms with van der Waals surface area (Å²) in [4.78, 5) is 89.2. The van der Waals surface area contributed by atoms with Gasteiger partial charge < -0.3 is 98.5 Å². The Morgan fingerprint density at radius 2 is 0.833 bits per heavy atom. The quantitative estimate of drug-likeness (QED) is 0.0228. The SMILES string of the molecule is COc1cc(C(=O)NCCO)ccc1Cc1nc(OC2CC2)c2c(-c3ccc4nc(C)oc4c3)c[nH]c2n1.COc1cc(C(=O)N[C@@H](C)CO)ccc1Nc1nc(OC2CCCC2)c2c(-c3ccc4nc(C)oc4c3)c[nH]c2n1.COc1cc(C(=O)N[C@H](C)CO)ccc1Nc1nc(OC2CCCC2)c2c(-c3ccc4nc(C)oc4c3)c[nH]c2n1. The first-order chi connectivity index (χ1) is 58.3. The first-order valence-corrected chi connectivity index (χ1v) is 39.9. The fourth-order valence-electron chi connectivity index (χ4n) is 14.8. The van der Waals surface area contributed by atoms with Crippen molar-refractivity contribution in [3.05, 3.63) is 174 Å². The second-order valence-corrected chi connectivity index (χ2v) is 29.9. The van der Waals surface area contributed by atoms with Gasteiger partial charge in [-0.15, -0.1) is 0 Å². The highest BCUT2D eigenvalue weighted by Crippen LogP contribution is 2.43. The van der Waals surface area contributed by atoms with E-state index < -0.39 is 0 Å². The molecule has 3 aliphatic rings. The van der Waals surface area contributed by atoms with Crippen LogP contribution in [0.4, 0.5) is 23.3 Å². The van der Waals surface area contributed by atoms with E-state index in [0.717, 1.165) is 141 Å². The number of fused-ring (bicyclic) bond motifs is 6. The summed E-state index contributed by atoms with van der Waals surface area (Å²) in [6.07, 6.45) is 16.8. The molecule has 0 aliphatic heterocycles. The predicted molar refractivity (Wildman–Crippen MR) is 450 cm³/mol. The summed E-state index contributed by atoms with van der Waals surface area (Å²) < 4.78 is 53.2. The van der Waals surface area contributed by atoms with Gasteiger partial charge in [-0.3, -0.25) is 14.4 Å². The Balaban J connectivity index is 0.000000134. The first-order valence-electron chi connectivity index (χ1n) is 39.9. The van der Waals surface area contributed by atoms with Gasteiger partial charge in [-0.25, -0.2) is 19.9 Å². The van der Waals surface area contributed by atoms with Crippen LogP contribution in [0.25, 0.3) is 99.8 Å². The van der Waals surface area contributed by atoms with Gasteiger partial charge >= 0.3 is 0 Å². The van der Waals surface area contributed by atoms with Gasteiger partial charge in [0, 0.05) is 103 Å². The smallest absolute Gasteiger partial charge is 0.251 e. The third-order valence-corrected chi connectivity index (χ3v) is 20.9. The van der Waals surface area contributed by atoms with Gasteiger partial charge in [-0.1, -0.05) is 24.3 Å². The van der Waals surface area contributed by atoms with Crippen molar-refractivity contribution in [3.8, 4) is 68.3 Å². The summed E-state index contributed by atoms with van der Waals surface area (Å²) in [6, 6.07) is 32.3. The van der Waals surface area contributed by atoms with Crippen molar-refractivity contribution in [3.63, 3.8) is 0 Å². The average Bonchev–Trinajstić information content (AvgIpc) is 1.61. The van der Waals surface area contributed by atoms with Crippen molar-refractivity contribution in [2.24, 2.45) is 0 Å². The summed E-state index contributed by atoms with van der Waals surface area (Å²) in [5.41, 5.74) is 15.3. The highest BCUT2D eigenvalue weighted by molar-refractivity contribution is 6.03. The van der Waals surface area contributed by atoms with Crippen LogP contribution in [0.1, 0.15) is 138 Å². The van der Waals surface area contributed by atoms with Crippen LogP contribution in [0, 0.1) is 20.8 Å². The lowest BCUT2D eigenvalue weighted by molar-refractivity contribution is 0.0914. The molecule has 0 radical (unpaired) electrons. The van der Waals surface area contributed by atoms with Crippen LogP contribution in [0.2, 0.25) is 0 Å². The molecule has 32 heteroatoms. The number of nitrogens with one attached hydrogen (secondary N) is 8. The number of hydrogen-bond donors (Lipinski definition) is 11. The molecule has 0 spiro atoms. The Bertz CT molecular complexity index is 6040. The number of oxazole rings is 3. The lowest BCUT2D eigenvalue weighted by Crippen LogP contribution is -2.34. The number of nitrogens with zero attached hydrogens (tertiary/aromatic N) is 9. The number of aryl methyl sites for hydroxylation is 3. The van der Waals surface area contributed by atoms with Gasteiger partial charge in [0.05, 0.1) is 68.7 Å². The van der Waals surface area contributed by atoms with Crippen molar-refractivity contribution < 1.29 is 71.4 Å². The number of aliphatic hydroxyl groups is 3. The van der Waals surface area contributed by atoms with Crippen LogP contribution in [0.5, 0.6) is 34.9 Å². The summed E-state index contributed by atoms with van der Waals surface area (Å²) in [5, 5.41) is 44.4. The molecule has 32 nitrogen and oxygen atoms in total. The largest absolute Gasteiger partial charge is 0.496 e. The van der Waals surface area contributed by atoms with Crippen molar-refractivity contribution in [2.75, 3.05) is 58.3 Å². The van der Waals surface area contributed by atoms with Crippen LogP contribution in [0.3, 0.4) is 0 Å². The number of rotatable bonds is 27. The molecule has 3 amide bonds. The Hall–Kier alpha value is -13.7. The maximum Gasteiger partial charge on any atom is 0.251 e. The number of ether oxygens (including phenoxy) is 6. The van der Waals surface area contributed by atoms with Crippen LogP contribution in [0.15, 0.2) is 141 Å². The summed E-state index contributed by atoms with van der Waals surface area (Å²) in [7, 11) is 4.62. The normalized spacial score (nSPS) is 14.1. The molecule has 11 N–H and O–H groups in total. The van der Waals surface area contributed by atoms with Gasteiger partial charge in [0.25, 0.3) is 17.7 Å². The number of aromatic amines is 3. The number of benzene rings is 6. The third-order valence-electron chi connectivity index (χ3n) is 20.9. The van der Waals surface area contributed by atoms with E-state index in [1.807, 2.05) is 100 Å². The summed E-state index contributed by atoms with van der Waals surface area (Å²) in [5.74, 6) is 5.13. The number of anilines is 4. The van der Waals surface area contributed by atoms with E-state index in [9.17, 15) is 24.6 Å². The molecule has 18 rings (SSSR count). The molecule has 618 valence electrons. The average molecular weight is 1630 g/mol. The minimum Gasteiger partial charge on any atom is -0.496 e. The number of amides is 3. The molecule has 9 heterocycles. The Kier molecular flexibility index (Phi) is 23.5. The number of hydrogen-bond acceptors (Lipinski definition) is 26. The van der Waals surface area contributed by atoms with Crippen molar-refractivity contribution in [2.45, 2.75) is 136 Å². The Morgan fingerprint density at radius 3 is 1.23 bits per heavy atom. The number of H-pyrrole nitrogens is 3. The lowest BCUT2D eigenvalue weighted by atomic mass is 10.0. The molecule has 0 unspecified atom stereocenters. The molecule has 0 saturated heterocycles. The summed E-state index contributed by atoms with van der Waals surface area (Å²) >= 11 is 0. The maximum absolute atomic E-state index is 12.5. The monoisotopic (exact) mass is 1630 g/mol. The molecule has 0 bridgehead atoms. The van der Waals surface area contributed by atoms with Gasteiger partial charge in [-0.2, -0.15) is 24.9 Å². The molecule has 120 heavy (non-hydrogen) atoms. The lowest BCUT2D eigenvalue weighted by Gasteiger charge is -2.16. The molecule has 3 fully saturated rings. The topological polar surface area (TPSA) is 430 Å². The number of carbonyl (C=O) groups excluding carboxylic acids is 3. The molecule has 3 saturated carbocycles. The van der Waals surface area contributed by atoms with E-state index in [1.54, 1.807) is 69.5 Å². The molecule has 9 aromatic heterocycles. The Morgan fingerprint density at radius 1 is 0.450 bits per heavy atom. The van der Waals surface area contributed by atoms with E-state index in [-0.39, 0.29) is 74.5 Å². The Labute approximate surface area is 687 Å². The minimum atomic E-state index is -0.364. The second kappa shape index (κ2) is 35.2.